The summed E-state index contributed by atoms with van der Waals surface area (Å²) in [6, 6.07) is 13.9. The molecule has 170 valence electrons. The maximum absolute atomic E-state index is 12.7. The molecule has 0 aromatic heterocycles. The van der Waals surface area contributed by atoms with E-state index < -0.39 is 22.6 Å². The second-order valence-corrected chi connectivity index (χ2v) is 9.61. The second-order valence-electron chi connectivity index (χ2n) is 7.67. The number of sulfonamides is 1. The normalized spacial score (nSPS) is 17.7. The van der Waals surface area contributed by atoms with E-state index in [1.807, 2.05) is 18.2 Å². The first-order chi connectivity index (χ1) is 15.3. The molecule has 2 saturated heterocycles. The number of ether oxygens (including phenoxy) is 1. The van der Waals surface area contributed by atoms with Crippen LogP contribution < -0.4 is 4.74 Å². The molecule has 2 heterocycles. The van der Waals surface area contributed by atoms with E-state index in [4.69, 9.17) is 0 Å². The van der Waals surface area contributed by atoms with Gasteiger partial charge in [-0.1, -0.05) is 30.3 Å². The van der Waals surface area contributed by atoms with Gasteiger partial charge in [-0.25, -0.2) is 8.42 Å². The van der Waals surface area contributed by atoms with Gasteiger partial charge in [0.05, 0.1) is 17.4 Å². The van der Waals surface area contributed by atoms with Crippen LogP contribution in [-0.2, 0) is 14.8 Å². The first kappa shape index (κ1) is 22.4. The Morgan fingerprint density at radius 3 is 2.12 bits per heavy atom. The number of hydrogen-bond acceptors (Lipinski definition) is 5. The van der Waals surface area contributed by atoms with Crippen LogP contribution in [0.15, 0.2) is 70.6 Å². The van der Waals surface area contributed by atoms with Gasteiger partial charge < -0.3 is 14.7 Å². The molecule has 0 bridgehead atoms. The number of rotatable bonds is 7. The summed E-state index contributed by atoms with van der Waals surface area (Å²) in [6.07, 6.45) is 0. The molecule has 1 unspecified atom stereocenters. The molecular weight excluding hydrogens is 442 g/mol. The molecule has 32 heavy (non-hydrogen) atoms. The van der Waals surface area contributed by atoms with Gasteiger partial charge >= 0.3 is 6.61 Å². The van der Waals surface area contributed by atoms with Crippen LogP contribution >= 0.6 is 0 Å². The molecule has 7 nitrogen and oxygen atoms in total. The average molecular weight is 464 g/mol. The van der Waals surface area contributed by atoms with E-state index in [0.717, 1.165) is 16.7 Å². The fourth-order valence-electron chi connectivity index (χ4n) is 3.74. The molecule has 0 aliphatic carbocycles. The fourth-order valence-corrected chi connectivity index (χ4v) is 5.17. The number of aliphatic hydroxyl groups is 1. The molecule has 1 amide bonds. The van der Waals surface area contributed by atoms with E-state index in [0.29, 0.717) is 13.1 Å². The zero-order chi connectivity index (χ0) is 22.9. The van der Waals surface area contributed by atoms with Gasteiger partial charge in [-0.05, 0) is 41.0 Å². The Labute approximate surface area is 184 Å². The first-order valence-electron chi connectivity index (χ1n) is 9.99. The summed E-state index contributed by atoms with van der Waals surface area (Å²) >= 11 is 0. The lowest BCUT2D eigenvalue weighted by molar-refractivity contribution is -0.135. The molecule has 10 heteroatoms. The molecule has 0 saturated carbocycles. The number of amides is 1. The van der Waals surface area contributed by atoms with Gasteiger partial charge in [0.2, 0.25) is 15.9 Å². The van der Waals surface area contributed by atoms with Crippen LogP contribution in [0.5, 0.6) is 5.75 Å². The number of likely N-dealkylation sites (tertiary alicyclic amines) is 1. The van der Waals surface area contributed by atoms with E-state index in [1.165, 1.54) is 28.6 Å². The van der Waals surface area contributed by atoms with Crippen LogP contribution in [0, 0.1) is 0 Å². The lowest BCUT2D eigenvalue weighted by atomic mass is 9.92. The summed E-state index contributed by atoms with van der Waals surface area (Å²) in [4.78, 5) is 14.4. The minimum absolute atomic E-state index is 0.00206. The van der Waals surface area contributed by atoms with Gasteiger partial charge in [0.15, 0.2) is 0 Å². The summed E-state index contributed by atoms with van der Waals surface area (Å²) in [5, 5.41) is 9.67. The third-order valence-electron chi connectivity index (χ3n) is 5.68. The molecule has 2 aromatic rings. The van der Waals surface area contributed by atoms with Gasteiger partial charge in [0, 0.05) is 26.2 Å². The van der Waals surface area contributed by atoms with Crippen LogP contribution in [0.3, 0.4) is 0 Å². The van der Waals surface area contributed by atoms with Crippen molar-refractivity contribution in [2.75, 3.05) is 32.8 Å². The van der Waals surface area contributed by atoms with Crippen molar-refractivity contribution in [3.63, 3.8) is 0 Å². The third kappa shape index (κ3) is 4.38. The summed E-state index contributed by atoms with van der Waals surface area (Å²) in [5.41, 5.74) is 2.75. The molecular formula is C22H22F2N2O5S. The minimum atomic E-state index is -3.74. The summed E-state index contributed by atoms with van der Waals surface area (Å²) in [5.74, 6) is -0.878. The number of aliphatic hydroxyl groups excluding tert-OH is 1. The molecule has 2 aliphatic heterocycles. The zero-order valence-corrected chi connectivity index (χ0v) is 17.8. The number of benzene rings is 2. The van der Waals surface area contributed by atoms with Gasteiger partial charge in [0.25, 0.3) is 0 Å². The fraction of sp³-hybridized carbons (Fsp3) is 0.318. The Morgan fingerprint density at radius 1 is 0.969 bits per heavy atom. The second kappa shape index (κ2) is 8.97. The lowest BCUT2D eigenvalue weighted by Crippen LogP contribution is -2.52. The first-order valence-corrected chi connectivity index (χ1v) is 11.4. The maximum atomic E-state index is 12.7. The number of alkyl halides is 2. The third-order valence-corrected chi connectivity index (χ3v) is 7.48. The average Bonchev–Trinajstić information content (AvgIpc) is 2.69. The molecule has 1 atom stereocenters. The lowest BCUT2D eigenvalue weighted by Gasteiger charge is -2.42. The van der Waals surface area contributed by atoms with E-state index >= 15 is 0 Å². The number of carbonyl (C=O) groups is 1. The van der Waals surface area contributed by atoms with Crippen molar-refractivity contribution in [3.8, 4) is 5.75 Å². The van der Waals surface area contributed by atoms with E-state index in [9.17, 15) is 27.1 Å². The van der Waals surface area contributed by atoms with Gasteiger partial charge in [-0.3, -0.25) is 4.79 Å². The molecule has 2 aromatic carbocycles. The summed E-state index contributed by atoms with van der Waals surface area (Å²) < 4.78 is 55.4. The maximum Gasteiger partial charge on any atom is 0.387 e. The molecule has 1 N–H and O–H groups in total. The number of halogens is 2. The summed E-state index contributed by atoms with van der Waals surface area (Å²) in [6.45, 7) is -1.95. The summed E-state index contributed by atoms with van der Waals surface area (Å²) in [7, 11) is -3.74. The highest BCUT2D eigenvalue weighted by Gasteiger charge is 2.39. The van der Waals surface area contributed by atoms with Crippen molar-refractivity contribution in [1.29, 1.82) is 0 Å². The topological polar surface area (TPSA) is 87.2 Å². The van der Waals surface area contributed by atoms with Crippen molar-refractivity contribution in [1.82, 2.24) is 9.21 Å². The van der Waals surface area contributed by atoms with E-state index in [-0.39, 0.29) is 36.2 Å². The largest absolute Gasteiger partial charge is 0.435 e. The van der Waals surface area contributed by atoms with E-state index in [2.05, 4.69) is 4.74 Å². The number of nitrogens with zero attached hydrogens (tertiary/aromatic N) is 2. The Morgan fingerprint density at radius 2 is 1.56 bits per heavy atom. The Bertz CT molecular complexity index is 1100. The smallest absolute Gasteiger partial charge is 0.387 e. The molecule has 4 rings (SSSR count). The molecule has 2 aliphatic rings. The van der Waals surface area contributed by atoms with Crippen molar-refractivity contribution in [3.05, 3.63) is 71.3 Å². The quantitative estimate of drug-likeness (QED) is 0.635. The minimum Gasteiger partial charge on any atom is -0.435 e. The van der Waals surface area contributed by atoms with Crippen LogP contribution in [0.1, 0.15) is 11.5 Å². The van der Waals surface area contributed by atoms with Crippen molar-refractivity contribution in [2.45, 2.75) is 17.4 Å². The number of carbonyl (C=O) groups excluding carboxylic acids is 1. The van der Waals surface area contributed by atoms with Crippen molar-refractivity contribution < 1.29 is 31.8 Å². The van der Waals surface area contributed by atoms with Gasteiger partial charge in [0.1, 0.15) is 5.75 Å². The zero-order valence-electron chi connectivity index (χ0n) is 17.0. The SMILES string of the molecule is O=C(C(CO)c1ccccc1)N1CC(=C2CN(S(=O)(=O)c3ccc(OC(F)F)cc3)C2)C1. The molecule has 2 fully saturated rings. The Balaban J connectivity index is 1.34. The van der Waals surface area contributed by atoms with Gasteiger partial charge in [-0.2, -0.15) is 13.1 Å². The van der Waals surface area contributed by atoms with Crippen LogP contribution in [0.25, 0.3) is 0 Å². The molecule has 0 spiro atoms. The Kier molecular flexibility index (Phi) is 6.27. The predicted molar refractivity (Wildman–Crippen MR) is 112 cm³/mol. The van der Waals surface area contributed by atoms with Crippen molar-refractivity contribution >= 4 is 15.9 Å². The highest BCUT2D eigenvalue weighted by molar-refractivity contribution is 7.89. The van der Waals surface area contributed by atoms with Crippen LogP contribution in [0.4, 0.5) is 8.78 Å². The van der Waals surface area contributed by atoms with Crippen molar-refractivity contribution in [2.24, 2.45) is 0 Å². The Hall–Kier alpha value is -2.82. The monoisotopic (exact) mass is 464 g/mol. The highest BCUT2D eigenvalue weighted by Crippen LogP contribution is 2.32. The predicted octanol–water partition coefficient (Wildman–Crippen LogP) is 2.21. The van der Waals surface area contributed by atoms with Gasteiger partial charge in [-0.15, -0.1) is 0 Å². The van der Waals surface area contributed by atoms with Crippen LogP contribution in [0.2, 0.25) is 0 Å². The number of hydrogen-bond donors (Lipinski definition) is 1. The standard InChI is InChI=1S/C22H22F2N2O5S/c23-22(24)31-18-6-8-19(9-7-18)32(29,30)26-12-17(13-26)16-10-25(11-16)21(28)20(14-27)15-4-2-1-3-5-15/h1-9,20,22,27H,10-14H2. The van der Waals surface area contributed by atoms with Crippen LogP contribution in [-0.4, -0.2) is 68.0 Å². The van der Waals surface area contributed by atoms with E-state index in [1.54, 1.807) is 17.0 Å². The highest BCUT2D eigenvalue weighted by atomic mass is 32.2. The molecule has 0 radical (unpaired) electrons.